The molecule has 86 valence electrons. The Kier molecular flexibility index (Phi) is 3.25. The number of pyridine rings is 1. The van der Waals surface area contributed by atoms with Gasteiger partial charge in [-0.15, -0.1) is 0 Å². The Labute approximate surface area is 97.4 Å². The van der Waals surface area contributed by atoms with Gasteiger partial charge in [0.25, 0.3) is 0 Å². The second-order valence-electron chi connectivity index (χ2n) is 3.27. The fraction of sp³-hybridized carbons (Fsp3) is 0.0909. The molecule has 0 saturated heterocycles. The van der Waals surface area contributed by atoms with E-state index in [-0.39, 0.29) is 5.69 Å². The van der Waals surface area contributed by atoms with Crippen LogP contribution in [0.15, 0.2) is 36.7 Å². The smallest absolute Gasteiger partial charge is 0.356 e. The van der Waals surface area contributed by atoms with Gasteiger partial charge in [-0.05, 0) is 24.3 Å². The zero-order chi connectivity index (χ0) is 12.1. The Morgan fingerprint density at radius 1 is 1.29 bits per heavy atom. The standard InChI is InChI=1S/C11H10N4O2/c16-11(17)10-9(4-2-5-12-10)13-7-8-3-1-6-14-15-8/h1-6,13H,7H2,(H,16,17). The van der Waals surface area contributed by atoms with Crippen molar-refractivity contribution in [2.24, 2.45) is 0 Å². The molecule has 0 saturated carbocycles. The third-order valence-electron chi connectivity index (χ3n) is 2.10. The van der Waals surface area contributed by atoms with Crippen LogP contribution in [0.3, 0.4) is 0 Å². The number of nitrogens with zero attached hydrogens (tertiary/aromatic N) is 3. The Hall–Kier alpha value is -2.50. The summed E-state index contributed by atoms with van der Waals surface area (Å²) in [6.07, 6.45) is 3.02. The maximum Gasteiger partial charge on any atom is 0.356 e. The summed E-state index contributed by atoms with van der Waals surface area (Å²) >= 11 is 0. The molecule has 0 amide bonds. The molecule has 0 bridgehead atoms. The number of carboxylic acids is 1. The van der Waals surface area contributed by atoms with Crippen LogP contribution in [-0.4, -0.2) is 26.3 Å². The van der Waals surface area contributed by atoms with Crippen molar-refractivity contribution in [3.63, 3.8) is 0 Å². The summed E-state index contributed by atoms with van der Waals surface area (Å²) in [6, 6.07) is 6.90. The lowest BCUT2D eigenvalue weighted by molar-refractivity contribution is 0.0691. The Morgan fingerprint density at radius 2 is 2.12 bits per heavy atom. The highest BCUT2D eigenvalue weighted by atomic mass is 16.4. The number of anilines is 1. The van der Waals surface area contributed by atoms with Crippen LogP contribution in [0, 0.1) is 0 Å². The molecule has 2 N–H and O–H groups in total. The van der Waals surface area contributed by atoms with Crippen molar-refractivity contribution in [2.45, 2.75) is 6.54 Å². The molecule has 0 fully saturated rings. The van der Waals surface area contributed by atoms with E-state index < -0.39 is 5.97 Å². The van der Waals surface area contributed by atoms with Crippen molar-refractivity contribution in [3.05, 3.63) is 48.0 Å². The zero-order valence-corrected chi connectivity index (χ0v) is 8.87. The van der Waals surface area contributed by atoms with Gasteiger partial charge in [-0.2, -0.15) is 10.2 Å². The first-order chi connectivity index (χ1) is 8.27. The molecule has 2 aromatic heterocycles. The highest BCUT2D eigenvalue weighted by molar-refractivity contribution is 5.91. The van der Waals surface area contributed by atoms with E-state index in [4.69, 9.17) is 5.11 Å². The summed E-state index contributed by atoms with van der Waals surface area (Å²) in [6.45, 7) is 0.403. The summed E-state index contributed by atoms with van der Waals surface area (Å²) in [7, 11) is 0. The van der Waals surface area contributed by atoms with Gasteiger partial charge >= 0.3 is 5.97 Å². The fourth-order valence-electron chi connectivity index (χ4n) is 1.33. The minimum absolute atomic E-state index is 0.00334. The Balaban J connectivity index is 2.12. The first-order valence-corrected chi connectivity index (χ1v) is 4.96. The molecular weight excluding hydrogens is 220 g/mol. The van der Waals surface area contributed by atoms with E-state index in [0.717, 1.165) is 5.69 Å². The Morgan fingerprint density at radius 3 is 2.82 bits per heavy atom. The summed E-state index contributed by atoms with van der Waals surface area (Å²) in [4.78, 5) is 14.7. The lowest BCUT2D eigenvalue weighted by Crippen LogP contribution is -2.09. The third-order valence-corrected chi connectivity index (χ3v) is 2.10. The molecule has 0 spiro atoms. The van der Waals surface area contributed by atoms with Crippen molar-refractivity contribution in [1.29, 1.82) is 0 Å². The van der Waals surface area contributed by atoms with E-state index in [0.29, 0.717) is 12.2 Å². The molecular formula is C11H10N4O2. The second kappa shape index (κ2) is 5.02. The van der Waals surface area contributed by atoms with E-state index in [1.165, 1.54) is 6.20 Å². The molecule has 6 nitrogen and oxygen atoms in total. The molecule has 17 heavy (non-hydrogen) atoms. The van der Waals surface area contributed by atoms with Crippen LogP contribution in [0.1, 0.15) is 16.2 Å². The molecule has 2 rings (SSSR count). The van der Waals surface area contributed by atoms with Crippen LogP contribution in [0.2, 0.25) is 0 Å². The summed E-state index contributed by atoms with van der Waals surface area (Å²) < 4.78 is 0. The number of hydrogen-bond donors (Lipinski definition) is 2. The van der Waals surface area contributed by atoms with E-state index >= 15 is 0 Å². The fourth-order valence-corrected chi connectivity index (χ4v) is 1.33. The molecule has 0 unspecified atom stereocenters. The van der Waals surface area contributed by atoms with Gasteiger partial charge in [-0.25, -0.2) is 9.78 Å². The average molecular weight is 230 g/mol. The molecule has 0 aliphatic heterocycles. The predicted octanol–water partition coefficient (Wildman–Crippen LogP) is 1.18. The molecule has 6 heteroatoms. The highest BCUT2D eigenvalue weighted by Crippen LogP contribution is 2.12. The number of rotatable bonds is 4. The van der Waals surface area contributed by atoms with Gasteiger partial charge in [0.2, 0.25) is 0 Å². The van der Waals surface area contributed by atoms with Crippen molar-refractivity contribution < 1.29 is 9.90 Å². The van der Waals surface area contributed by atoms with Gasteiger partial charge in [0.1, 0.15) is 0 Å². The van der Waals surface area contributed by atoms with Gasteiger partial charge in [0.05, 0.1) is 17.9 Å². The van der Waals surface area contributed by atoms with E-state index in [9.17, 15) is 4.79 Å². The van der Waals surface area contributed by atoms with E-state index in [2.05, 4.69) is 20.5 Å². The van der Waals surface area contributed by atoms with Crippen LogP contribution in [0.5, 0.6) is 0 Å². The first kappa shape index (κ1) is 11.0. The van der Waals surface area contributed by atoms with E-state index in [1.807, 2.05) is 0 Å². The highest BCUT2D eigenvalue weighted by Gasteiger charge is 2.10. The first-order valence-electron chi connectivity index (χ1n) is 4.96. The predicted molar refractivity (Wildman–Crippen MR) is 60.6 cm³/mol. The average Bonchev–Trinajstić information content (AvgIpc) is 2.38. The van der Waals surface area contributed by atoms with Gasteiger partial charge < -0.3 is 10.4 Å². The number of carbonyl (C=O) groups is 1. The largest absolute Gasteiger partial charge is 0.476 e. The second-order valence-corrected chi connectivity index (χ2v) is 3.27. The topological polar surface area (TPSA) is 88.0 Å². The third kappa shape index (κ3) is 2.75. The quantitative estimate of drug-likeness (QED) is 0.820. The van der Waals surface area contributed by atoms with Crippen molar-refractivity contribution in [2.75, 3.05) is 5.32 Å². The van der Waals surface area contributed by atoms with Crippen LogP contribution >= 0.6 is 0 Å². The number of carboxylic acid groups (broad SMARTS) is 1. The van der Waals surface area contributed by atoms with Gasteiger partial charge in [0, 0.05) is 12.4 Å². The van der Waals surface area contributed by atoms with Gasteiger partial charge in [-0.3, -0.25) is 0 Å². The Bertz CT molecular complexity index is 516. The minimum atomic E-state index is -1.06. The SMILES string of the molecule is O=C(O)c1ncccc1NCc1cccnn1. The molecule has 2 heterocycles. The van der Waals surface area contributed by atoms with Crippen molar-refractivity contribution in [3.8, 4) is 0 Å². The molecule has 2 aromatic rings. The van der Waals surface area contributed by atoms with Gasteiger partial charge in [0.15, 0.2) is 5.69 Å². The number of aromatic nitrogens is 3. The molecule has 0 radical (unpaired) electrons. The minimum Gasteiger partial charge on any atom is -0.476 e. The summed E-state index contributed by atoms with van der Waals surface area (Å²) in [5, 5.41) is 19.5. The summed E-state index contributed by atoms with van der Waals surface area (Å²) in [5.74, 6) is -1.06. The van der Waals surface area contributed by atoms with Crippen LogP contribution in [0.4, 0.5) is 5.69 Å². The summed E-state index contributed by atoms with van der Waals surface area (Å²) in [5.41, 5.74) is 1.19. The monoisotopic (exact) mass is 230 g/mol. The van der Waals surface area contributed by atoms with Crippen molar-refractivity contribution >= 4 is 11.7 Å². The molecule has 0 aromatic carbocycles. The molecule has 0 aliphatic carbocycles. The van der Waals surface area contributed by atoms with Crippen molar-refractivity contribution in [1.82, 2.24) is 15.2 Å². The number of nitrogens with one attached hydrogen (secondary N) is 1. The van der Waals surface area contributed by atoms with Crippen LogP contribution < -0.4 is 5.32 Å². The van der Waals surface area contributed by atoms with Gasteiger partial charge in [-0.1, -0.05) is 0 Å². The van der Waals surface area contributed by atoms with E-state index in [1.54, 1.807) is 30.5 Å². The normalized spacial score (nSPS) is 9.88. The molecule has 0 atom stereocenters. The molecule has 0 aliphatic rings. The lowest BCUT2D eigenvalue weighted by Gasteiger charge is -2.07. The zero-order valence-electron chi connectivity index (χ0n) is 8.87. The lowest BCUT2D eigenvalue weighted by atomic mass is 10.3. The van der Waals surface area contributed by atoms with Crippen LogP contribution in [0.25, 0.3) is 0 Å². The maximum atomic E-state index is 10.9. The number of hydrogen-bond acceptors (Lipinski definition) is 5. The van der Waals surface area contributed by atoms with Crippen LogP contribution in [-0.2, 0) is 6.54 Å². The number of aromatic carboxylic acids is 1. The maximum absolute atomic E-state index is 10.9.